The first-order valence-electron chi connectivity index (χ1n) is 7.94. The number of aryl methyl sites for hydroxylation is 1. The molecule has 130 valence electrons. The summed E-state index contributed by atoms with van der Waals surface area (Å²) in [5, 5.41) is 0. The van der Waals surface area contributed by atoms with Gasteiger partial charge in [-0.05, 0) is 19.4 Å². The second kappa shape index (κ2) is 7.20. The van der Waals surface area contributed by atoms with Gasteiger partial charge in [0.1, 0.15) is 5.54 Å². The normalized spacial score (nSPS) is 25.2. The van der Waals surface area contributed by atoms with Gasteiger partial charge in [-0.15, -0.1) is 12.4 Å². The van der Waals surface area contributed by atoms with E-state index in [1.54, 1.807) is 4.90 Å². The van der Waals surface area contributed by atoms with E-state index in [0.29, 0.717) is 19.6 Å². The van der Waals surface area contributed by atoms with Crippen molar-refractivity contribution in [3.05, 3.63) is 35.4 Å². The Morgan fingerprint density at radius 2 is 2.09 bits per heavy atom. The molecule has 1 aliphatic carbocycles. The molecule has 0 saturated heterocycles. The van der Waals surface area contributed by atoms with Gasteiger partial charge in [-0.3, -0.25) is 4.79 Å². The van der Waals surface area contributed by atoms with Gasteiger partial charge in [0.05, 0.1) is 6.10 Å². The zero-order valence-electron chi connectivity index (χ0n) is 14.8. The number of halogens is 1. The van der Waals surface area contributed by atoms with Gasteiger partial charge in [-0.25, -0.2) is 0 Å². The molecule has 0 aliphatic heterocycles. The monoisotopic (exact) mass is 340 g/mol. The van der Waals surface area contributed by atoms with Gasteiger partial charge in [0.2, 0.25) is 5.91 Å². The zero-order valence-corrected chi connectivity index (χ0v) is 15.6. The van der Waals surface area contributed by atoms with Crippen LogP contribution in [-0.4, -0.2) is 36.1 Å². The zero-order chi connectivity index (χ0) is 16.5. The number of hydrogen-bond donors (Lipinski definition) is 1. The second-order valence-electron chi connectivity index (χ2n) is 6.99. The summed E-state index contributed by atoms with van der Waals surface area (Å²) in [5.74, 6) is -0.00467. The van der Waals surface area contributed by atoms with E-state index in [1.807, 2.05) is 40.0 Å². The molecule has 2 unspecified atom stereocenters. The Kier molecular flexibility index (Phi) is 6.25. The topological polar surface area (TPSA) is 55.6 Å². The number of nitrogens with two attached hydrogens (primary N) is 1. The van der Waals surface area contributed by atoms with Crippen molar-refractivity contribution in [1.82, 2.24) is 4.90 Å². The average molecular weight is 341 g/mol. The number of benzene rings is 1. The maximum Gasteiger partial charge on any atom is 0.243 e. The predicted molar refractivity (Wildman–Crippen MR) is 95.6 cm³/mol. The van der Waals surface area contributed by atoms with Gasteiger partial charge in [0.25, 0.3) is 0 Å². The Labute approximate surface area is 145 Å². The van der Waals surface area contributed by atoms with Crippen molar-refractivity contribution in [3.8, 4) is 0 Å². The molecule has 0 heterocycles. The summed E-state index contributed by atoms with van der Waals surface area (Å²) in [6.45, 7) is 9.30. The Bertz CT molecular complexity index is 562. The highest BCUT2D eigenvalue weighted by Crippen LogP contribution is 2.50. The molecule has 5 heteroatoms. The largest absolute Gasteiger partial charge is 0.378 e. The van der Waals surface area contributed by atoms with Crippen LogP contribution in [0.15, 0.2) is 24.3 Å². The first kappa shape index (κ1) is 19.9. The fraction of sp³-hybridized carbons (Fsp3) is 0.611. The molecule has 2 rings (SSSR count). The molecular weight excluding hydrogens is 312 g/mol. The van der Waals surface area contributed by atoms with Crippen LogP contribution in [0.4, 0.5) is 0 Å². The molecule has 4 nitrogen and oxygen atoms in total. The van der Waals surface area contributed by atoms with Crippen molar-refractivity contribution >= 4 is 18.3 Å². The summed E-state index contributed by atoms with van der Waals surface area (Å²) < 4.78 is 5.70. The van der Waals surface area contributed by atoms with E-state index in [9.17, 15) is 4.79 Å². The van der Waals surface area contributed by atoms with Crippen LogP contribution in [0, 0.1) is 12.3 Å². The lowest BCUT2D eigenvalue weighted by atomic mass is 9.54. The maximum absolute atomic E-state index is 12.8. The van der Waals surface area contributed by atoms with Crippen molar-refractivity contribution in [1.29, 1.82) is 0 Å². The summed E-state index contributed by atoms with van der Waals surface area (Å²) in [4.78, 5) is 14.6. The van der Waals surface area contributed by atoms with E-state index < -0.39 is 5.54 Å². The van der Waals surface area contributed by atoms with Crippen LogP contribution < -0.4 is 5.73 Å². The SMILES string of the molecule is CCOC1CC(N)(C(=O)N(C)Cc2cccc(C)c2)C1(C)C.Cl. The highest BCUT2D eigenvalue weighted by molar-refractivity contribution is 5.88. The van der Waals surface area contributed by atoms with Gasteiger partial charge < -0.3 is 15.4 Å². The molecule has 0 spiro atoms. The Balaban J connectivity index is 0.00000264. The summed E-state index contributed by atoms with van der Waals surface area (Å²) in [6, 6.07) is 8.20. The number of hydrogen-bond acceptors (Lipinski definition) is 3. The number of likely N-dealkylation sites (N-methyl/N-ethyl adjacent to an activating group) is 1. The number of carbonyl (C=O) groups is 1. The third-order valence-electron chi connectivity index (χ3n) is 5.06. The molecule has 0 bridgehead atoms. The maximum atomic E-state index is 12.8. The fourth-order valence-corrected chi connectivity index (χ4v) is 3.29. The van der Waals surface area contributed by atoms with E-state index in [-0.39, 0.29) is 29.8 Å². The molecule has 2 atom stereocenters. The van der Waals surface area contributed by atoms with Gasteiger partial charge >= 0.3 is 0 Å². The van der Waals surface area contributed by atoms with E-state index in [2.05, 4.69) is 19.1 Å². The number of carbonyl (C=O) groups excluding carboxylic acids is 1. The molecule has 1 aromatic carbocycles. The molecule has 1 saturated carbocycles. The van der Waals surface area contributed by atoms with Crippen molar-refractivity contribution in [2.75, 3.05) is 13.7 Å². The summed E-state index contributed by atoms with van der Waals surface area (Å²) in [7, 11) is 1.82. The van der Waals surface area contributed by atoms with Gasteiger partial charge in [-0.1, -0.05) is 43.7 Å². The quantitative estimate of drug-likeness (QED) is 0.896. The van der Waals surface area contributed by atoms with Crippen LogP contribution in [-0.2, 0) is 16.1 Å². The van der Waals surface area contributed by atoms with Crippen LogP contribution in [0.2, 0.25) is 0 Å². The van der Waals surface area contributed by atoms with Gasteiger partial charge in [0, 0.05) is 32.0 Å². The van der Waals surface area contributed by atoms with Crippen LogP contribution in [0.3, 0.4) is 0 Å². The first-order chi connectivity index (χ1) is 10.2. The Hall–Kier alpha value is -1.10. The minimum atomic E-state index is -0.842. The molecular formula is C18H29ClN2O2. The summed E-state index contributed by atoms with van der Waals surface area (Å²) >= 11 is 0. The van der Waals surface area contributed by atoms with Crippen LogP contribution >= 0.6 is 12.4 Å². The molecule has 0 radical (unpaired) electrons. The van der Waals surface area contributed by atoms with Crippen LogP contribution in [0.25, 0.3) is 0 Å². The minimum Gasteiger partial charge on any atom is -0.378 e. The lowest BCUT2D eigenvalue weighted by Gasteiger charge is -2.58. The smallest absolute Gasteiger partial charge is 0.243 e. The Morgan fingerprint density at radius 1 is 1.43 bits per heavy atom. The van der Waals surface area contributed by atoms with E-state index in [0.717, 1.165) is 5.56 Å². The standard InChI is InChI=1S/C18H28N2O2.ClH/c1-6-22-15-11-18(19,17(15,3)4)16(21)20(5)12-14-9-7-8-13(2)10-14;/h7-10,15H,6,11-12,19H2,1-5H3;1H. The van der Waals surface area contributed by atoms with E-state index in [1.165, 1.54) is 5.56 Å². The summed E-state index contributed by atoms with van der Waals surface area (Å²) in [6.07, 6.45) is 0.643. The third-order valence-corrected chi connectivity index (χ3v) is 5.06. The molecule has 1 fully saturated rings. The highest BCUT2D eigenvalue weighted by Gasteiger charge is 2.63. The van der Waals surface area contributed by atoms with Crippen molar-refractivity contribution in [2.45, 2.75) is 52.3 Å². The van der Waals surface area contributed by atoms with Gasteiger partial charge in [0.15, 0.2) is 0 Å². The summed E-state index contributed by atoms with van der Waals surface area (Å²) in [5.41, 5.74) is 7.59. The molecule has 23 heavy (non-hydrogen) atoms. The number of nitrogens with zero attached hydrogens (tertiary/aromatic N) is 1. The fourth-order valence-electron chi connectivity index (χ4n) is 3.29. The van der Waals surface area contributed by atoms with Crippen LogP contribution in [0.5, 0.6) is 0 Å². The number of rotatable bonds is 5. The lowest BCUT2D eigenvalue weighted by molar-refractivity contribution is -0.178. The van der Waals surface area contributed by atoms with Crippen LogP contribution in [0.1, 0.15) is 38.3 Å². The Morgan fingerprint density at radius 3 is 2.61 bits per heavy atom. The number of amides is 1. The van der Waals surface area contributed by atoms with E-state index >= 15 is 0 Å². The molecule has 1 aromatic rings. The van der Waals surface area contributed by atoms with Crippen molar-refractivity contribution in [2.24, 2.45) is 11.1 Å². The number of ether oxygens (including phenoxy) is 1. The molecule has 2 N–H and O–H groups in total. The average Bonchev–Trinajstić information content (AvgIpc) is 2.46. The first-order valence-corrected chi connectivity index (χ1v) is 7.94. The van der Waals surface area contributed by atoms with Crippen molar-refractivity contribution in [3.63, 3.8) is 0 Å². The molecule has 0 aromatic heterocycles. The molecule has 1 amide bonds. The minimum absolute atomic E-state index is 0. The third kappa shape index (κ3) is 3.54. The van der Waals surface area contributed by atoms with Crippen molar-refractivity contribution < 1.29 is 9.53 Å². The highest BCUT2D eigenvalue weighted by atomic mass is 35.5. The lowest BCUT2D eigenvalue weighted by Crippen LogP contribution is -2.75. The van der Waals surface area contributed by atoms with Gasteiger partial charge in [-0.2, -0.15) is 0 Å². The predicted octanol–water partition coefficient (Wildman–Crippen LogP) is 2.91. The van der Waals surface area contributed by atoms with E-state index in [4.69, 9.17) is 10.5 Å². The second-order valence-corrected chi connectivity index (χ2v) is 6.99. The molecule has 1 aliphatic rings.